The van der Waals surface area contributed by atoms with E-state index in [0.29, 0.717) is 18.8 Å². The lowest BCUT2D eigenvalue weighted by Crippen LogP contribution is -2.28. The number of para-hydroxylation sites is 1. The van der Waals surface area contributed by atoms with E-state index in [1.54, 1.807) is 7.11 Å². The molecule has 0 saturated heterocycles. The van der Waals surface area contributed by atoms with Crippen molar-refractivity contribution in [1.82, 2.24) is 4.90 Å². The van der Waals surface area contributed by atoms with E-state index in [2.05, 4.69) is 18.7 Å². The van der Waals surface area contributed by atoms with Crippen LogP contribution >= 0.6 is 0 Å². The summed E-state index contributed by atoms with van der Waals surface area (Å²) in [5.74, 6) is 1.51. The molecule has 0 aliphatic heterocycles. The molecule has 2 rings (SSSR count). The molecule has 142 valence electrons. The Morgan fingerprint density at radius 3 is 2.19 bits per heavy atom. The Morgan fingerprint density at radius 1 is 0.962 bits per heavy atom. The Balaban J connectivity index is 2.14. The number of ether oxygens (including phenoxy) is 2. The fourth-order valence-corrected chi connectivity index (χ4v) is 3.20. The topological polar surface area (TPSA) is 41.9 Å². The van der Waals surface area contributed by atoms with Crippen LogP contribution in [0.2, 0.25) is 0 Å². The molecule has 26 heavy (non-hydrogen) atoms. The molecule has 0 radical (unpaired) electrons. The van der Waals surface area contributed by atoms with E-state index in [4.69, 9.17) is 9.47 Å². The van der Waals surface area contributed by atoms with Crippen molar-refractivity contribution in [2.24, 2.45) is 0 Å². The van der Waals surface area contributed by atoms with Crippen LogP contribution in [0.4, 0.5) is 0 Å². The first-order valence-electron chi connectivity index (χ1n) is 9.40. The molecule has 0 aliphatic rings. The van der Waals surface area contributed by atoms with Gasteiger partial charge in [0.05, 0.1) is 7.11 Å². The Hall–Kier alpha value is -2.04. The first-order chi connectivity index (χ1) is 12.6. The zero-order valence-electron chi connectivity index (χ0n) is 16.4. The predicted octanol–water partition coefficient (Wildman–Crippen LogP) is 4.06. The molecule has 1 atom stereocenters. The Kier molecular flexibility index (Phi) is 7.49. The van der Waals surface area contributed by atoms with Crippen LogP contribution in [-0.2, 0) is 5.60 Å². The molecule has 1 N–H and O–H groups in total. The van der Waals surface area contributed by atoms with Gasteiger partial charge in [0, 0.05) is 12.1 Å². The quantitative estimate of drug-likeness (QED) is 0.696. The Labute approximate surface area is 157 Å². The highest BCUT2D eigenvalue weighted by atomic mass is 16.5. The van der Waals surface area contributed by atoms with Crippen molar-refractivity contribution < 1.29 is 14.6 Å². The maximum atomic E-state index is 11.4. The molecule has 0 aromatic heterocycles. The molecule has 0 saturated carbocycles. The average molecular weight is 357 g/mol. The van der Waals surface area contributed by atoms with E-state index in [0.717, 1.165) is 36.5 Å². The summed E-state index contributed by atoms with van der Waals surface area (Å²) in [6.45, 7) is 9.91. The molecular weight excluding hydrogens is 326 g/mol. The van der Waals surface area contributed by atoms with Crippen molar-refractivity contribution in [1.29, 1.82) is 0 Å². The van der Waals surface area contributed by atoms with E-state index < -0.39 is 5.60 Å². The first kappa shape index (κ1) is 20.3. The van der Waals surface area contributed by atoms with Crippen LogP contribution in [-0.4, -0.2) is 43.4 Å². The summed E-state index contributed by atoms with van der Waals surface area (Å²) >= 11 is 0. The van der Waals surface area contributed by atoms with E-state index in [9.17, 15) is 5.11 Å². The van der Waals surface area contributed by atoms with Crippen molar-refractivity contribution in [3.63, 3.8) is 0 Å². The molecule has 1 unspecified atom stereocenters. The zero-order chi connectivity index (χ0) is 19.0. The van der Waals surface area contributed by atoms with Crippen molar-refractivity contribution in [3.8, 4) is 11.5 Å². The monoisotopic (exact) mass is 357 g/mol. The molecule has 0 aliphatic carbocycles. The van der Waals surface area contributed by atoms with Crippen molar-refractivity contribution in [2.75, 3.05) is 33.4 Å². The summed E-state index contributed by atoms with van der Waals surface area (Å²) in [7, 11) is 1.63. The number of aliphatic hydroxyl groups is 1. The molecule has 0 heterocycles. The fraction of sp³-hybridized carbons (Fsp3) is 0.455. The maximum absolute atomic E-state index is 11.4. The van der Waals surface area contributed by atoms with E-state index in [1.807, 2.05) is 55.5 Å². The van der Waals surface area contributed by atoms with Crippen molar-refractivity contribution >= 4 is 0 Å². The van der Waals surface area contributed by atoms with Crippen LogP contribution < -0.4 is 9.47 Å². The van der Waals surface area contributed by atoms with Crippen LogP contribution in [0.5, 0.6) is 11.5 Å². The van der Waals surface area contributed by atoms with Crippen molar-refractivity contribution in [3.05, 3.63) is 59.7 Å². The predicted molar refractivity (Wildman–Crippen MR) is 106 cm³/mol. The van der Waals surface area contributed by atoms with Crippen LogP contribution in [0.1, 0.15) is 38.3 Å². The lowest BCUT2D eigenvalue weighted by molar-refractivity contribution is 0.0736. The van der Waals surface area contributed by atoms with Crippen LogP contribution in [0.3, 0.4) is 0 Å². The van der Waals surface area contributed by atoms with Crippen molar-refractivity contribution in [2.45, 2.75) is 32.8 Å². The third-order valence-electron chi connectivity index (χ3n) is 4.97. The Morgan fingerprint density at radius 2 is 1.62 bits per heavy atom. The van der Waals surface area contributed by atoms with Gasteiger partial charge in [0.15, 0.2) is 0 Å². The minimum atomic E-state index is -1.09. The van der Waals surface area contributed by atoms with Crippen LogP contribution in [0, 0.1) is 0 Å². The molecular formula is C22H31NO3. The molecule has 0 fully saturated rings. The van der Waals surface area contributed by atoms with Gasteiger partial charge in [-0.3, -0.25) is 0 Å². The number of hydrogen-bond acceptors (Lipinski definition) is 4. The number of likely N-dealkylation sites (N-methyl/N-ethyl adjacent to an activating group) is 1. The van der Waals surface area contributed by atoms with Gasteiger partial charge in [0.2, 0.25) is 0 Å². The van der Waals surface area contributed by atoms with Gasteiger partial charge >= 0.3 is 0 Å². The standard InChI is InChI=1S/C22H31NO3/c1-5-22(24,20-10-8-9-11-21(20)25-4)18-12-14-19(15-13-18)26-17-16-23(6-2)7-3/h8-15,24H,5-7,16-17H2,1-4H3. The summed E-state index contributed by atoms with van der Waals surface area (Å²) in [5, 5.41) is 11.4. The number of nitrogens with zero attached hydrogens (tertiary/aromatic N) is 1. The maximum Gasteiger partial charge on any atom is 0.125 e. The summed E-state index contributed by atoms with van der Waals surface area (Å²) in [5.41, 5.74) is 0.521. The molecule has 0 spiro atoms. The average Bonchev–Trinajstić information content (AvgIpc) is 2.71. The molecule has 0 amide bonds. The molecule has 4 nitrogen and oxygen atoms in total. The number of benzene rings is 2. The van der Waals surface area contributed by atoms with E-state index in [-0.39, 0.29) is 0 Å². The summed E-state index contributed by atoms with van der Waals surface area (Å²) in [6.07, 6.45) is 0.551. The van der Waals surface area contributed by atoms with Crippen LogP contribution in [0.25, 0.3) is 0 Å². The zero-order valence-corrected chi connectivity index (χ0v) is 16.4. The number of hydrogen-bond donors (Lipinski definition) is 1. The molecule has 4 heteroatoms. The van der Waals surface area contributed by atoms with E-state index >= 15 is 0 Å². The van der Waals surface area contributed by atoms with E-state index in [1.165, 1.54) is 0 Å². The first-order valence-corrected chi connectivity index (χ1v) is 9.40. The SMILES string of the molecule is CCN(CC)CCOc1ccc(C(O)(CC)c2ccccc2OC)cc1. The Bertz CT molecular complexity index is 667. The molecule has 0 bridgehead atoms. The summed E-state index contributed by atoms with van der Waals surface area (Å²) in [4.78, 5) is 2.33. The number of rotatable bonds is 10. The van der Waals surface area contributed by atoms with Gasteiger partial charge in [-0.15, -0.1) is 0 Å². The largest absolute Gasteiger partial charge is 0.496 e. The van der Waals surface area contributed by atoms with Crippen LogP contribution in [0.15, 0.2) is 48.5 Å². The van der Waals surface area contributed by atoms with Gasteiger partial charge in [0.25, 0.3) is 0 Å². The van der Waals surface area contributed by atoms with Gasteiger partial charge in [-0.2, -0.15) is 0 Å². The third-order valence-corrected chi connectivity index (χ3v) is 4.97. The molecule has 2 aromatic rings. The van der Waals surface area contributed by atoms with Gasteiger partial charge in [-0.05, 0) is 43.3 Å². The second-order valence-electron chi connectivity index (χ2n) is 6.31. The molecule has 2 aromatic carbocycles. The lowest BCUT2D eigenvalue weighted by atomic mass is 9.83. The highest BCUT2D eigenvalue weighted by Crippen LogP contribution is 2.38. The fourth-order valence-electron chi connectivity index (χ4n) is 3.20. The van der Waals surface area contributed by atoms with Gasteiger partial charge in [-0.25, -0.2) is 0 Å². The third kappa shape index (κ3) is 4.57. The number of methoxy groups -OCH3 is 1. The normalized spacial score (nSPS) is 13.5. The lowest BCUT2D eigenvalue weighted by Gasteiger charge is -2.29. The highest BCUT2D eigenvalue weighted by Gasteiger charge is 2.32. The summed E-state index contributed by atoms with van der Waals surface area (Å²) in [6, 6.07) is 15.3. The summed E-state index contributed by atoms with van der Waals surface area (Å²) < 4.78 is 11.3. The second-order valence-corrected chi connectivity index (χ2v) is 6.31. The van der Waals surface area contributed by atoms with Gasteiger partial charge < -0.3 is 19.5 Å². The van der Waals surface area contributed by atoms with Gasteiger partial charge in [-0.1, -0.05) is 51.1 Å². The minimum absolute atomic E-state index is 0.551. The highest BCUT2D eigenvalue weighted by molar-refractivity contribution is 5.45. The minimum Gasteiger partial charge on any atom is -0.496 e. The van der Waals surface area contributed by atoms with Gasteiger partial charge in [0.1, 0.15) is 23.7 Å². The smallest absolute Gasteiger partial charge is 0.125 e. The second kappa shape index (κ2) is 9.60.